The number of rotatable bonds is 2. The van der Waals surface area contributed by atoms with Gasteiger partial charge in [-0.3, -0.25) is 4.90 Å². The zero-order chi connectivity index (χ0) is 10.7. The lowest BCUT2D eigenvalue weighted by Gasteiger charge is -2.32. The number of nitrogens with two attached hydrogens (primary N) is 1. The molecule has 2 N–H and O–H groups in total. The summed E-state index contributed by atoms with van der Waals surface area (Å²) >= 11 is 0. The van der Waals surface area contributed by atoms with Crippen molar-refractivity contribution in [2.75, 3.05) is 13.6 Å². The fourth-order valence-corrected chi connectivity index (χ4v) is 2.37. The summed E-state index contributed by atoms with van der Waals surface area (Å²) in [6, 6.07) is 9.38. The molecular weight excluding hydrogens is 184 g/mol. The van der Waals surface area contributed by atoms with Crippen LogP contribution in [0, 0.1) is 0 Å². The molecule has 1 aromatic carbocycles. The molecule has 0 aromatic heterocycles. The standard InChI is InChI=1S/C13H20N2/c1-15-9-3-2-4-13(15)12-7-5-11(10-14)6-8-12/h5-8,13H,2-4,9-10,14H2,1H3/t13-/m0/s1. The zero-order valence-corrected chi connectivity index (χ0v) is 9.45. The van der Waals surface area contributed by atoms with Gasteiger partial charge in [0.25, 0.3) is 0 Å². The van der Waals surface area contributed by atoms with Crippen LogP contribution in [-0.2, 0) is 6.54 Å². The molecule has 0 spiro atoms. The maximum atomic E-state index is 5.60. The number of likely N-dealkylation sites (tertiary alicyclic amines) is 1. The molecule has 82 valence electrons. The van der Waals surface area contributed by atoms with Crippen molar-refractivity contribution in [2.24, 2.45) is 5.73 Å². The fraction of sp³-hybridized carbons (Fsp3) is 0.538. The number of hydrogen-bond acceptors (Lipinski definition) is 2. The molecular formula is C13H20N2. The predicted molar refractivity (Wildman–Crippen MR) is 63.6 cm³/mol. The van der Waals surface area contributed by atoms with Crippen LogP contribution in [0.2, 0.25) is 0 Å². The Bertz CT molecular complexity index is 305. The van der Waals surface area contributed by atoms with Gasteiger partial charge in [0.1, 0.15) is 0 Å². The Morgan fingerprint density at radius 3 is 2.60 bits per heavy atom. The van der Waals surface area contributed by atoms with E-state index in [-0.39, 0.29) is 0 Å². The second-order valence-corrected chi connectivity index (χ2v) is 4.44. The number of benzene rings is 1. The fourth-order valence-electron chi connectivity index (χ4n) is 2.37. The first-order valence-electron chi connectivity index (χ1n) is 5.80. The minimum absolute atomic E-state index is 0.616. The normalized spacial score (nSPS) is 22.9. The molecule has 0 radical (unpaired) electrons. The summed E-state index contributed by atoms with van der Waals surface area (Å²) in [5.41, 5.74) is 8.25. The van der Waals surface area contributed by atoms with Crippen LogP contribution in [0.4, 0.5) is 0 Å². The summed E-state index contributed by atoms with van der Waals surface area (Å²) in [5.74, 6) is 0. The van der Waals surface area contributed by atoms with Crippen LogP contribution in [0.1, 0.15) is 36.4 Å². The van der Waals surface area contributed by atoms with Gasteiger partial charge >= 0.3 is 0 Å². The lowest BCUT2D eigenvalue weighted by molar-refractivity contribution is 0.187. The second kappa shape index (κ2) is 4.77. The van der Waals surface area contributed by atoms with Gasteiger partial charge in [-0.25, -0.2) is 0 Å². The molecule has 0 saturated carbocycles. The van der Waals surface area contributed by atoms with Crippen molar-refractivity contribution in [3.8, 4) is 0 Å². The third kappa shape index (κ3) is 2.39. The van der Waals surface area contributed by atoms with Crippen molar-refractivity contribution in [3.05, 3.63) is 35.4 Å². The molecule has 2 heteroatoms. The van der Waals surface area contributed by atoms with Gasteiger partial charge in [0.15, 0.2) is 0 Å². The molecule has 15 heavy (non-hydrogen) atoms. The first-order valence-corrected chi connectivity index (χ1v) is 5.80. The van der Waals surface area contributed by atoms with Crippen molar-refractivity contribution in [3.63, 3.8) is 0 Å². The van der Waals surface area contributed by atoms with Gasteiger partial charge in [0.05, 0.1) is 0 Å². The topological polar surface area (TPSA) is 29.3 Å². The monoisotopic (exact) mass is 204 g/mol. The summed E-state index contributed by atoms with van der Waals surface area (Å²) in [4.78, 5) is 2.46. The van der Waals surface area contributed by atoms with Crippen LogP contribution in [0.3, 0.4) is 0 Å². The molecule has 0 unspecified atom stereocenters. The van der Waals surface area contributed by atoms with Gasteiger partial charge in [0.2, 0.25) is 0 Å². The third-order valence-electron chi connectivity index (χ3n) is 3.37. The van der Waals surface area contributed by atoms with Gasteiger partial charge in [-0.1, -0.05) is 30.7 Å². The third-order valence-corrected chi connectivity index (χ3v) is 3.37. The highest BCUT2D eigenvalue weighted by Gasteiger charge is 2.19. The van der Waals surface area contributed by atoms with Crippen LogP contribution in [0.15, 0.2) is 24.3 Å². The lowest BCUT2D eigenvalue weighted by atomic mass is 9.95. The quantitative estimate of drug-likeness (QED) is 0.801. The molecule has 1 aliphatic rings. The molecule has 0 amide bonds. The van der Waals surface area contributed by atoms with E-state index in [0.717, 1.165) is 0 Å². The van der Waals surface area contributed by atoms with Crippen LogP contribution in [0.5, 0.6) is 0 Å². The average Bonchev–Trinajstić information content (AvgIpc) is 2.30. The van der Waals surface area contributed by atoms with Crippen molar-refractivity contribution < 1.29 is 0 Å². The molecule has 0 aliphatic carbocycles. The molecule has 1 fully saturated rings. The van der Waals surface area contributed by atoms with Gasteiger partial charge in [0, 0.05) is 12.6 Å². The Kier molecular flexibility index (Phi) is 3.39. The molecule has 1 aromatic rings. The van der Waals surface area contributed by atoms with E-state index in [1.54, 1.807) is 0 Å². The van der Waals surface area contributed by atoms with E-state index < -0.39 is 0 Å². The molecule has 1 saturated heterocycles. The van der Waals surface area contributed by atoms with Crippen molar-refractivity contribution in [1.82, 2.24) is 4.90 Å². The minimum atomic E-state index is 0.616. The van der Waals surface area contributed by atoms with E-state index in [4.69, 9.17) is 5.73 Å². The van der Waals surface area contributed by atoms with E-state index in [0.29, 0.717) is 12.6 Å². The summed E-state index contributed by atoms with van der Waals surface area (Å²) in [6.07, 6.45) is 3.99. The highest BCUT2D eigenvalue weighted by Crippen LogP contribution is 2.29. The number of nitrogens with zero attached hydrogens (tertiary/aromatic N) is 1. The Balaban J connectivity index is 2.13. The maximum absolute atomic E-state index is 5.60. The van der Waals surface area contributed by atoms with Crippen molar-refractivity contribution >= 4 is 0 Å². The van der Waals surface area contributed by atoms with E-state index in [9.17, 15) is 0 Å². The smallest absolute Gasteiger partial charge is 0.0345 e. The Labute approximate surface area is 92.1 Å². The Morgan fingerprint density at radius 1 is 1.27 bits per heavy atom. The lowest BCUT2D eigenvalue weighted by Crippen LogP contribution is -2.29. The van der Waals surface area contributed by atoms with Gasteiger partial charge in [-0.15, -0.1) is 0 Å². The molecule has 0 bridgehead atoms. The molecule has 1 heterocycles. The number of hydrogen-bond donors (Lipinski definition) is 1. The van der Waals surface area contributed by atoms with E-state index in [1.165, 1.54) is 36.9 Å². The first-order chi connectivity index (χ1) is 7.31. The molecule has 2 rings (SSSR count). The minimum Gasteiger partial charge on any atom is -0.326 e. The largest absolute Gasteiger partial charge is 0.326 e. The summed E-state index contributed by atoms with van der Waals surface area (Å²) in [7, 11) is 2.22. The van der Waals surface area contributed by atoms with Crippen molar-refractivity contribution in [2.45, 2.75) is 31.8 Å². The van der Waals surface area contributed by atoms with Gasteiger partial charge < -0.3 is 5.73 Å². The summed E-state index contributed by atoms with van der Waals surface area (Å²) in [5, 5.41) is 0. The SMILES string of the molecule is CN1CCCC[C@H]1c1ccc(CN)cc1. The highest BCUT2D eigenvalue weighted by molar-refractivity contribution is 5.25. The second-order valence-electron chi connectivity index (χ2n) is 4.44. The van der Waals surface area contributed by atoms with E-state index >= 15 is 0 Å². The molecule has 1 aliphatic heterocycles. The Morgan fingerprint density at radius 2 is 2.00 bits per heavy atom. The summed E-state index contributed by atoms with van der Waals surface area (Å²) in [6.45, 7) is 1.87. The molecule has 1 atom stereocenters. The van der Waals surface area contributed by atoms with Crippen LogP contribution < -0.4 is 5.73 Å². The molecule has 2 nitrogen and oxygen atoms in total. The average molecular weight is 204 g/mol. The van der Waals surface area contributed by atoms with E-state index in [2.05, 4.69) is 36.2 Å². The zero-order valence-electron chi connectivity index (χ0n) is 9.45. The maximum Gasteiger partial charge on any atom is 0.0345 e. The van der Waals surface area contributed by atoms with Gasteiger partial charge in [-0.05, 0) is 37.6 Å². The summed E-state index contributed by atoms with van der Waals surface area (Å²) < 4.78 is 0. The van der Waals surface area contributed by atoms with Crippen molar-refractivity contribution in [1.29, 1.82) is 0 Å². The Hall–Kier alpha value is -0.860. The van der Waals surface area contributed by atoms with Crippen LogP contribution in [0.25, 0.3) is 0 Å². The van der Waals surface area contributed by atoms with Crippen LogP contribution in [-0.4, -0.2) is 18.5 Å². The highest BCUT2D eigenvalue weighted by atomic mass is 15.1. The van der Waals surface area contributed by atoms with E-state index in [1.807, 2.05) is 0 Å². The predicted octanol–water partition coefficient (Wildman–Crippen LogP) is 2.30. The van der Waals surface area contributed by atoms with Crippen LogP contribution >= 0.6 is 0 Å². The van der Waals surface area contributed by atoms with Gasteiger partial charge in [-0.2, -0.15) is 0 Å². The number of piperidine rings is 1. The first kappa shape index (κ1) is 10.7.